The van der Waals surface area contributed by atoms with Crippen LogP contribution in [-0.2, 0) is 4.79 Å². The molecule has 0 N–H and O–H groups in total. The highest BCUT2D eigenvalue weighted by atomic mass is 16.2. The number of rotatable bonds is 6. The second kappa shape index (κ2) is 9.99. The fourth-order valence-electron chi connectivity index (χ4n) is 4.86. The molecule has 0 spiro atoms. The Labute approximate surface area is 205 Å². The standard InChI is InChI=1S/C25H31N7O3/c1-28-11-13-29(14-12-28)21-8-9-22(27-26-21)30-15-17-31(18-16-30)23(33)7-4-10-32-24(34)19-5-2-3-6-20(19)25(32)35/h2-3,5-6,8-9H,4,7,10-18H2,1H3. The topological polar surface area (TPSA) is 93.2 Å². The normalized spacial score (nSPS) is 18.9. The summed E-state index contributed by atoms with van der Waals surface area (Å²) in [5.41, 5.74) is 0.888. The Morgan fingerprint density at radius 1 is 0.771 bits per heavy atom. The highest BCUT2D eigenvalue weighted by Crippen LogP contribution is 2.23. The first-order valence-electron chi connectivity index (χ1n) is 12.3. The number of benzene rings is 1. The lowest BCUT2D eigenvalue weighted by atomic mass is 10.1. The zero-order valence-corrected chi connectivity index (χ0v) is 20.1. The molecule has 2 fully saturated rings. The van der Waals surface area contributed by atoms with E-state index in [1.807, 2.05) is 17.0 Å². The first kappa shape index (κ1) is 23.2. The van der Waals surface area contributed by atoms with E-state index in [-0.39, 0.29) is 24.3 Å². The summed E-state index contributed by atoms with van der Waals surface area (Å²) in [6, 6.07) is 10.9. The van der Waals surface area contributed by atoms with Crippen molar-refractivity contribution in [3.8, 4) is 0 Å². The maximum atomic E-state index is 12.7. The second-order valence-electron chi connectivity index (χ2n) is 9.32. The van der Waals surface area contributed by atoms with Crippen LogP contribution in [0.5, 0.6) is 0 Å². The van der Waals surface area contributed by atoms with E-state index in [1.54, 1.807) is 24.3 Å². The molecule has 2 aromatic rings. The summed E-state index contributed by atoms with van der Waals surface area (Å²) in [4.78, 5) is 47.5. The number of aromatic nitrogens is 2. The van der Waals surface area contributed by atoms with Crippen LogP contribution in [0.2, 0.25) is 0 Å². The molecule has 0 bridgehead atoms. The summed E-state index contributed by atoms with van der Waals surface area (Å²) in [5, 5.41) is 8.88. The monoisotopic (exact) mass is 477 g/mol. The zero-order chi connectivity index (χ0) is 24.4. The summed E-state index contributed by atoms with van der Waals surface area (Å²) in [6.45, 7) is 6.86. The molecule has 35 heavy (non-hydrogen) atoms. The lowest BCUT2D eigenvalue weighted by Gasteiger charge is -2.36. The molecule has 3 aliphatic heterocycles. The molecule has 1 aromatic carbocycles. The largest absolute Gasteiger partial charge is 0.353 e. The molecule has 5 rings (SSSR count). The molecule has 184 valence electrons. The van der Waals surface area contributed by atoms with Gasteiger partial charge in [-0.15, -0.1) is 10.2 Å². The molecule has 0 atom stereocenters. The van der Waals surface area contributed by atoms with Crippen LogP contribution < -0.4 is 9.80 Å². The predicted molar refractivity (Wildman–Crippen MR) is 132 cm³/mol. The molecular weight excluding hydrogens is 446 g/mol. The summed E-state index contributed by atoms with van der Waals surface area (Å²) in [6.07, 6.45) is 0.774. The van der Waals surface area contributed by atoms with Crippen molar-refractivity contribution in [3.05, 3.63) is 47.5 Å². The fourth-order valence-corrected chi connectivity index (χ4v) is 4.86. The van der Waals surface area contributed by atoms with Crippen LogP contribution in [0, 0.1) is 0 Å². The number of amides is 3. The number of anilines is 2. The van der Waals surface area contributed by atoms with Gasteiger partial charge in [-0.25, -0.2) is 0 Å². The predicted octanol–water partition coefficient (Wildman–Crippen LogP) is 0.953. The van der Waals surface area contributed by atoms with E-state index in [2.05, 4.69) is 31.9 Å². The van der Waals surface area contributed by atoms with Crippen LogP contribution in [0.4, 0.5) is 11.6 Å². The molecule has 0 unspecified atom stereocenters. The molecule has 2 saturated heterocycles. The van der Waals surface area contributed by atoms with Crippen molar-refractivity contribution in [1.29, 1.82) is 0 Å². The number of imide groups is 1. The third-order valence-electron chi connectivity index (χ3n) is 7.07. The maximum absolute atomic E-state index is 12.7. The second-order valence-corrected chi connectivity index (χ2v) is 9.32. The average molecular weight is 478 g/mol. The van der Waals surface area contributed by atoms with Crippen LogP contribution in [0.25, 0.3) is 0 Å². The lowest BCUT2D eigenvalue weighted by molar-refractivity contribution is -0.131. The smallest absolute Gasteiger partial charge is 0.261 e. The number of hydrogen-bond donors (Lipinski definition) is 0. The Morgan fingerprint density at radius 2 is 1.29 bits per heavy atom. The number of piperazine rings is 2. The molecule has 4 heterocycles. The minimum Gasteiger partial charge on any atom is -0.353 e. The van der Waals surface area contributed by atoms with Crippen LogP contribution in [-0.4, -0.2) is 109 Å². The molecule has 3 amide bonds. The van der Waals surface area contributed by atoms with Crippen molar-refractivity contribution in [2.75, 3.05) is 75.8 Å². The van der Waals surface area contributed by atoms with Gasteiger partial charge in [0.25, 0.3) is 11.8 Å². The molecule has 0 aliphatic carbocycles. The van der Waals surface area contributed by atoms with Crippen molar-refractivity contribution in [2.45, 2.75) is 12.8 Å². The lowest BCUT2D eigenvalue weighted by Crippen LogP contribution is -2.49. The number of fused-ring (bicyclic) bond motifs is 1. The number of hydrogen-bond acceptors (Lipinski definition) is 8. The summed E-state index contributed by atoms with van der Waals surface area (Å²) in [7, 11) is 2.13. The minimum absolute atomic E-state index is 0.0535. The van der Waals surface area contributed by atoms with Gasteiger partial charge in [-0.05, 0) is 37.7 Å². The van der Waals surface area contributed by atoms with Gasteiger partial charge < -0.3 is 19.6 Å². The van der Waals surface area contributed by atoms with Crippen molar-refractivity contribution < 1.29 is 14.4 Å². The Balaban J connectivity index is 1.07. The first-order chi connectivity index (χ1) is 17.0. The summed E-state index contributed by atoms with van der Waals surface area (Å²) in [5.74, 6) is 1.25. The van der Waals surface area contributed by atoms with E-state index >= 15 is 0 Å². The van der Waals surface area contributed by atoms with E-state index in [9.17, 15) is 14.4 Å². The molecule has 10 heteroatoms. The number of carbonyl (C=O) groups excluding carboxylic acids is 3. The molecule has 3 aliphatic rings. The van der Waals surface area contributed by atoms with Crippen molar-refractivity contribution in [1.82, 2.24) is 24.9 Å². The van der Waals surface area contributed by atoms with E-state index in [1.165, 1.54) is 4.90 Å². The van der Waals surface area contributed by atoms with Crippen LogP contribution in [0.15, 0.2) is 36.4 Å². The Kier molecular flexibility index (Phi) is 6.63. The van der Waals surface area contributed by atoms with Crippen molar-refractivity contribution in [2.24, 2.45) is 0 Å². The van der Waals surface area contributed by atoms with Gasteiger partial charge in [0.15, 0.2) is 11.6 Å². The van der Waals surface area contributed by atoms with Gasteiger partial charge in [0.1, 0.15) is 0 Å². The van der Waals surface area contributed by atoms with Gasteiger partial charge in [-0.1, -0.05) is 12.1 Å². The van der Waals surface area contributed by atoms with Gasteiger partial charge in [0.05, 0.1) is 11.1 Å². The molecule has 0 saturated carbocycles. The van der Waals surface area contributed by atoms with Crippen molar-refractivity contribution in [3.63, 3.8) is 0 Å². The van der Waals surface area contributed by atoms with Gasteiger partial charge >= 0.3 is 0 Å². The van der Waals surface area contributed by atoms with E-state index < -0.39 is 0 Å². The Hall–Kier alpha value is -3.53. The average Bonchev–Trinajstić information content (AvgIpc) is 3.14. The SMILES string of the molecule is CN1CCN(c2ccc(N3CCN(C(=O)CCCN4C(=O)c5ccccc5C4=O)CC3)nn2)CC1. The van der Waals surface area contributed by atoms with Crippen LogP contribution in [0.1, 0.15) is 33.6 Å². The van der Waals surface area contributed by atoms with E-state index in [4.69, 9.17) is 0 Å². The third kappa shape index (κ3) is 4.84. The molecule has 0 radical (unpaired) electrons. The quantitative estimate of drug-likeness (QED) is 0.568. The molecule has 1 aromatic heterocycles. The van der Waals surface area contributed by atoms with E-state index in [0.717, 1.165) is 37.8 Å². The number of carbonyl (C=O) groups is 3. The van der Waals surface area contributed by atoms with Gasteiger partial charge in [0.2, 0.25) is 5.91 Å². The highest BCUT2D eigenvalue weighted by molar-refractivity contribution is 6.21. The van der Waals surface area contributed by atoms with Crippen LogP contribution >= 0.6 is 0 Å². The van der Waals surface area contributed by atoms with Gasteiger partial charge in [-0.3, -0.25) is 19.3 Å². The number of nitrogens with zero attached hydrogens (tertiary/aromatic N) is 7. The molecular formula is C25H31N7O3. The van der Waals surface area contributed by atoms with Crippen LogP contribution in [0.3, 0.4) is 0 Å². The summed E-state index contributed by atoms with van der Waals surface area (Å²) < 4.78 is 0. The minimum atomic E-state index is -0.272. The Bertz CT molecular complexity index is 1060. The Morgan fingerprint density at radius 3 is 1.80 bits per heavy atom. The fraction of sp³-hybridized carbons (Fsp3) is 0.480. The van der Waals surface area contributed by atoms with Gasteiger partial charge in [0, 0.05) is 65.3 Å². The zero-order valence-electron chi connectivity index (χ0n) is 20.1. The maximum Gasteiger partial charge on any atom is 0.261 e. The third-order valence-corrected chi connectivity index (χ3v) is 7.07. The first-order valence-corrected chi connectivity index (χ1v) is 12.3. The van der Waals surface area contributed by atoms with Crippen molar-refractivity contribution >= 4 is 29.4 Å². The number of likely N-dealkylation sites (N-methyl/N-ethyl adjacent to an activating group) is 1. The van der Waals surface area contributed by atoms with Gasteiger partial charge in [-0.2, -0.15) is 0 Å². The van der Waals surface area contributed by atoms with E-state index in [0.29, 0.717) is 50.1 Å². The molecule has 10 nitrogen and oxygen atoms in total. The summed E-state index contributed by atoms with van der Waals surface area (Å²) >= 11 is 0. The highest BCUT2D eigenvalue weighted by Gasteiger charge is 2.34.